The molecule has 0 aliphatic carbocycles. The third-order valence-electron chi connectivity index (χ3n) is 5.18. The molecule has 0 saturated heterocycles. The van der Waals surface area contributed by atoms with Gasteiger partial charge in [0.15, 0.2) is 0 Å². The Morgan fingerprint density at radius 3 is 2.00 bits per heavy atom. The molecule has 1 aliphatic heterocycles. The normalized spacial score (nSPS) is 13.4. The summed E-state index contributed by atoms with van der Waals surface area (Å²) in [6.07, 6.45) is 0.913. The number of likely N-dealkylation sites (N-methyl/N-ethyl adjacent to an activating group) is 1. The van der Waals surface area contributed by atoms with E-state index in [1.807, 2.05) is 24.1 Å². The highest BCUT2D eigenvalue weighted by molar-refractivity contribution is 6.02. The van der Waals surface area contributed by atoms with Gasteiger partial charge >= 0.3 is 0 Å². The SMILES string of the molecule is CN1CCc2cccc(N(Cc3ccccc3)Cc3ccccc3)c2C1=O. The molecular formula is C24H24N2O. The third-order valence-corrected chi connectivity index (χ3v) is 5.18. The van der Waals surface area contributed by atoms with Crippen molar-refractivity contribution >= 4 is 11.6 Å². The Morgan fingerprint density at radius 1 is 0.815 bits per heavy atom. The van der Waals surface area contributed by atoms with Crippen LogP contribution >= 0.6 is 0 Å². The van der Waals surface area contributed by atoms with Gasteiger partial charge in [0.1, 0.15) is 0 Å². The van der Waals surface area contributed by atoms with Crippen molar-refractivity contribution in [2.75, 3.05) is 18.5 Å². The largest absolute Gasteiger partial charge is 0.362 e. The maximum atomic E-state index is 12.9. The molecule has 0 saturated carbocycles. The summed E-state index contributed by atoms with van der Waals surface area (Å²) in [5, 5.41) is 0. The van der Waals surface area contributed by atoms with E-state index in [4.69, 9.17) is 0 Å². The molecular weight excluding hydrogens is 332 g/mol. The molecule has 4 rings (SSSR count). The number of fused-ring (bicyclic) bond motifs is 1. The average Bonchev–Trinajstić information content (AvgIpc) is 2.71. The minimum Gasteiger partial charge on any atom is -0.362 e. The van der Waals surface area contributed by atoms with Crippen molar-refractivity contribution in [1.82, 2.24) is 4.90 Å². The van der Waals surface area contributed by atoms with Crippen LogP contribution < -0.4 is 4.90 Å². The molecule has 3 nitrogen and oxygen atoms in total. The number of anilines is 1. The van der Waals surface area contributed by atoms with Crippen molar-refractivity contribution < 1.29 is 4.79 Å². The predicted octanol–water partition coefficient (Wildman–Crippen LogP) is 4.52. The summed E-state index contributed by atoms with van der Waals surface area (Å²) in [7, 11) is 1.89. The van der Waals surface area contributed by atoms with Gasteiger partial charge in [-0.05, 0) is 29.2 Å². The molecule has 1 heterocycles. The molecule has 0 fully saturated rings. The maximum Gasteiger partial charge on any atom is 0.255 e. The lowest BCUT2D eigenvalue weighted by atomic mass is 9.96. The first-order valence-electron chi connectivity index (χ1n) is 9.42. The van der Waals surface area contributed by atoms with Crippen LogP contribution in [-0.4, -0.2) is 24.4 Å². The summed E-state index contributed by atoms with van der Waals surface area (Å²) in [6.45, 7) is 2.32. The Bertz CT molecular complexity index is 880. The number of benzene rings is 3. The van der Waals surface area contributed by atoms with Gasteiger partial charge in [-0.1, -0.05) is 72.8 Å². The highest BCUT2D eigenvalue weighted by atomic mass is 16.2. The van der Waals surface area contributed by atoms with Crippen molar-refractivity contribution in [1.29, 1.82) is 0 Å². The van der Waals surface area contributed by atoms with E-state index in [9.17, 15) is 4.79 Å². The molecule has 0 radical (unpaired) electrons. The molecule has 3 aromatic rings. The van der Waals surface area contributed by atoms with Gasteiger partial charge in [-0.15, -0.1) is 0 Å². The van der Waals surface area contributed by atoms with Crippen molar-refractivity contribution in [3.63, 3.8) is 0 Å². The molecule has 3 heteroatoms. The average molecular weight is 356 g/mol. The fourth-order valence-electron chi connectivity index (χ4n) is 3.72. The molecule has 0 unspecified atom stereocenters. The van der Waals surface area contributed by atoms with E-state index in [2.05, 4.69) is 71.6 Å². The Kier molecular flexibility index (Phi) is 4.93. The quantitative estimate of drug-likeness (QED) is 0.671. The summed E-state index contributed by atoms with van der Waals surface area (Å²) >= 11 is 0. The van der Waals surface area contributed by atoms with Crippen LogP contribution in [0.3, 0.4) is 0 Å². The minimum absolute atomic E-state index is 0.123. The topological polar surface area (TPSA) is 23.6 Å². The Morgan fingerprint density at radius 2 is 1.41 bits per heavy atom. The molecule has 1 amide bonds. The van der Waals surface area contributed by atoms with Gasteiger partial charge in [-0.3, -0.25) is 4.79 Å². The molecule has 27 heavy (non-hydrogen) atoms. The monoisotopic (exact) mass is 356 g/mol. The van der Waals surface area contributed by atoms with Gasteiger partial charge in [0.2, 0.25) is 0 Å². The van der Waals surface area contributed by atoms with Crippen LogP contribution in [0.25, 0.3) is 0 Å². The Hall–Kier alpha value is -3.07. The standard InChI is InChI=1S/C24H24N2O/c1-25-16-15-21-13-8-14-22(23(21)24(25)27)26(17-19-9-4-2-5-10-19)18-20-11-6-3-7-12-20/h2-14H,15-18H2,1H3. The summed E-state index contributed by atoms with van der Waals surface area (Å²) < 4.78 is 0. The fraction of sp³-hybridized carbons (Fsp3) is 0.208. The fourth-order valence-corrected chi connectivity index (χ4v) is 3.72. The lowest BCUT2D eigenvalue weighted by Gasteiger charge is -2.32. The molecule has 3 aromatic carbocycles. The first-order chi connectivity index (χ1) is 13.2. The van der Waals surface area contributed by atoms with Crippen LogP contribution in [0, 0.1) is 0 Å². The van der Waals surface area contributed by atoms with E-state index in [1.165, 1.54) is 11.1 Å². The van der Waals surface area contributed by atoms with Crippen LogP contribution in [0.2, 0.25) is 0 Å². The number of hydrogen-bond donors (Lipinski definition) is 0. The smallest absolute Gasteiger partial charge is 0.255 e. The van der Waals surface area contributed by atoms with E-state index >= 15 is 0 Å². The van der Waals surface area contributed by atoms with Gasteiger partial charge in [-0.2, -0.15) is 0 Å². The van der Waals surface area contributed by atoms with Crippen molar-refractivity contribution in [2.45, 2.75) is 19.5 Å². The maximum absolute atomic E-state index is 12.9. The van der Waals surface area contributed by atoms with E-state index in [-0.39, 0.29) is 5.91 Å². The van der Waals surface area contributed by atoms with Crippen LogP contribution in [0.5, 0.6) is 0 Å². The second kappa shape index (κ2) is 7.67. The van der Waals surface area contributed by atoms with Gasteiger partial charge < -0.3 is 9.80 Å². The summed E-state index contributed by atoms with van der Waals surface area (Å²) in [5.74, 6) is 0.123. The zero-order valence-corrected chi connectivity index (χ0v) is 15.6. The highest BCUT2D eigenvalue weighted by Gasteiger charge is 2.26. The van der Waals surface area contributed by atoms with E-state index in [1.54, 1.807) is 0 Å². The molecule has 0 bridgehead atoms. The third kappa shape index (κ3) is 3.72. The highest BCUT2D eigenvalue weighted by Crippen LogP contribution is 2.31. The van der Waals surface area contributed by atoms with Crippen molar-refractivity contribution in [3.05, 3.63) is 101 Å². The lowest BCUT2D eigenvalue weighted by Crippen LogP contribution is -2.36. The van der Waals surface area contributed by atoms with Gasteiger partial charge in [0.25, 0.3) is 5.91 Å². The zero-order chi connectivity index (χ0) is 18.6. The second-order valence-corrected chi connectivity index (χ2v) is 7.12. The number of carbonyl (C=O) groups excluding carboxylic acids is 1. The van der Waals surface area contributed by atoms with Crippen LogP contribution in [0.1, 0.15) is 27.0 Å². The number of rotatable bonds is 5. The lowest BCUT2D eigenvalue weighted by molar-refractivity contribution is 0.0781. The zero-order valence-electron chi connectivity index (χ0n) is 15.6. The molecule has 0 N–H and O–H groups in total. The van der Waals surface area contributed by atoms with E-state index in [0.717, 1.165) is 42.9 Å². The van der Waals surface area contributed by atoms with Crippen LogP contribution in [0.4, 0.5) is 5.69 Å². The molecule has 1 aliphatic rings. The number of hydrogen-bond acceptors (Lipinski definition) is 2. The Labute approximate surface area is 160 Å². The number of amides is 1. The number of nitrogens with zero attached hydrogens (tertiary/aromatic N) is 2. The van der Waals surface area contributed by atoms with Crippen LogP contribution in [-0.2, 0) is 19.5 Å². The first-order valence-corrected chi connectivity index (χ1v) is 9.42. The van der Waals surface area contributed by atoms with Gasteiger partial charge in [0.05, 0.1) is 11.3 Å². The second-order valence-electron chi connectivity index (χ2n) is 7.12. The first kappa shape index (κ1) is 17.3. The summed E-state index contributed by atoms with van der Waals surface area (Å²) in [5.41, 5.74) is 5.52. The van der Waals surface area contributed by atoms with Crippen LogP contribution in [0.15, 0.2) is 78.9 Å². The molecule has 0 aromatic heterocycles. The van der Waals surface area contributed by atoms with Gasteiger partial charge in [0, 0.05) is 26.7 Å². The van der Waals surface area contributed by atoms with E-state index < -0.39 is 0 Å². The van der Waals surface area contributed by atoms with E-state index in [0.29, 0.717) is 0 Å². The summed E-state index contributed by atoms with van der Waals surface area (Å²) in [6, 6.07) is 27.1. The summed E-state index contributed by atoms with van der Waals surface area (Å²) in [4.78, 5) is 17.1. The minimum atomic E-state index is 0.123. The van der Waals surface area contributed by atoms with Crippen molar-refractivity contribution in [3.8, 4) is 0 Å². The number of carbonyl (C=O) groups is 1. The van der Waals surface area contributed by atoms with Crippen molar-refractivity contribution in [2.24, 2.45) is 0 Å². The predicted molar refractivity (Wildman–Crippen MR) is 110 cm³/mol. The van der Waals surface area contributed by atoms with Gasteiger partial charge in [-0.25, -0.2) is 0 Å². The Balaban J connectivity index is 1.76. The molecule has 0 atom stereocenters. The molecule has 136 valence electrons. The molecule has 0 spiro atoms.